The van der Waals surface area contributed by atoms with E-state index in [1.807, 2.05) is 0 Å². The van der Waals surface area contributed by atoms with E-state index < -0.39 is 17.7 Å². The summed E-state index contributed by atoms with van der Waals surface area (Å²) in [4.78, 5) is 22.9. The Hall–Kier alpha value is -2.95. The van der Waals surface area contributed by atoms with E-state index in [1.165, 1.54) is 30.3 Å². The molecule has 0 aliphatic carbocycles. The van der Waals surface area contributed by atoms with Crippen molar-refractivity contribution in [3.63, 3.8) is 0 Å². The van der Waals surface area contributed by atoms with Gasteiger partial charge in [0.25, 0.3) is 0 Å². The van der Waals surface area contributed by atoms with Gasteiger partial charge in [-0.25, -0.2) is 9.18 Å². The van der Waals surface area contributed by atoms with E-state index in [4.69, 9.17) is 10.5 Å². The van der Waals surface area contributed by atoms with Crippen LogP contribution in [0.4, 0.5) is 4.39 Å². The Morgan fingerprint density at radius 3 is 2.55 bits per heavy atom. The molecule has 0 spiro atoms. The number of amides is 1. The summed E-state index contributed by atoms with van der Waals surface area (Å²) in [6.07, 6.45) is 1.19. The molecule has 0 atom stereocenters. The molecule has 2 rings (SSSR count). The molecule has 0 aliphatic rings. The van der Waals surface area contributed by atoms with E-state index in [-0.39, 0.29) is 11.3 Å². The second-order valence-electron chi connectivity index (χ2n) is 4.62. The summed E-state index contributed by atoms with van der Waals surface area (Å²) in [6, 6.07) is 12.1. The molecular weight excluding hydrogens is 285 g/mol. The maximum Gasteiger partial charge on any atom is 0.336 e. The SMILES string of the molecule is C/C(=C/C(=O)Oc1cccc(C(N)=O)c1)c1ccccc1F. The van der Waals surface area contributed by atoms with Crippen molar-refractivity contribution in [2.45, 2.75) is 6.92 Å². The third-order valence-corrected chi connectivity index (χ3v) is 2.97. The molecule has 0 saturated carbocycles. The molecule has 0 saturated heterocycles. The molecular formula is C17H14FNO3. The highest BCUT2D eigenvalue weighted by Gasteiger charge is 2.08. The van der Waals surface area contributed by atoms with Crippen LogP contribution in [0.1, 0.15) is 22.8 Å². The van der Waals surface area contributed by atoms with Crippen LogP contribution in [0.15, 0.2) is 54.6 Å². The first-order valence-electron chi connectivity index (χ1n) is 6.52. The smallest absolute Gasteiger partial charge is 0.336 e. The summed E-state index contributed by atoms with van der Waals surface area (Å²) in [6.45, 7) is 1.61. The lowest BCUT2D eigenvalue weighted by Gasteiger charge is -2.05. The molecule has 0 heterocycles. The zero-order chi connectivity index (χ0) is 16.1. The van der Waals surface area contributed by atoms with Crippen molar-refractivity contribution in [1.82, 2.24) is 0 Å². The van der Waals surface area contributed by atoms with Gasteiger partial charge in [-0.05, 0) is 36.8 Å². The van der Waals surface area contributed by atoms with Gasteiger partial charge in [0.1, 0.15) is 11.6 Å². The van der Waals surface area contributed by atoms with Gasteiger partial charge in [0.05, 0.1) is 0 Å². The molecule has 0 aliphatic heterocycles. The number of hydrogen-bond acceptors (Lipinski definition) is 3. The summed E-state index contributed by atoms with van der Waals surface area (Å²) >= 11 is 0. The number of rotatable bonds is 4. The Balaban J connectivity index is 2.16. The molecule has 112 valence electrons. The van der Waals surface area contributed by atoms with E-state index in [9.17, 15) is 14.0 Å². The van der Waals surface area contributed by atoms with Crippen LogP contribution in [0.3, 0.4) is 0 Å². The van der Waals surface area contributed by atoms with Crippen molar-refractivity contribution in [2.75, 3.05) is 0 Å². The minimum absolute atomic E-state index is 0.193. The molecule has 5 heteroatoms. The van der Waals surface area contributed by atoms with E-state index in [2.05, 4.69) is 0 Å². The number of primary amides is 1. The first-order valence-corrected chi connectivity index (χ1v) is 6.52. The highest BCUT2D eigenvalue weighted by atomic mass is 19.1. The number of halogens is 1. The Labute approximate surface area is 127 Å². The first-order chi connectivity index (χ1) is 10.5. The number of nitrogens with two attached hydrogens (primary N) is 1. The normalized spacial score (nSPS) is 11.1. The third kappa shape index (κ3) is 3.79. The van der Waals surface area contributed by atoms with Crippen LogP contribution in [0.5, 0.6) is 5.75 Å². The van der Waals surface area contributed by atoms with E-state index in [0.717, 1.165) is 0 Å². The molecule has 2 aromatic carbocycles. The lowest BCUT2D eigenvalue weighted by molar-refractivity contribution is -0.128. The van der Waals surface area contributed by atoms with Crippen molar-refractivity contribution < 1.29 is 18.7 Å². The number of benzene rings is 2. The van der Waals surface area contributed by atoms with Gasteiger partial charge < -0.3 is 10.5 Å². The van der Waals surface area contributed by atoms with E-state index >= 15 is 0 Å². The number of carbonyl (C=O) groups is 2. The Kier molecular flexibility index (Phi) is 4.68. The van der Waals surface area contributed by atoms with Gasteiger partial charge in [0.2, 0.25) is 5.91 Å². The Morgan fingerprint density at radius 1 is 1.14 bits per heavy atom. The summed E-state index contributed by atoms with van der Waals surface area (Å²) in [7, 11) is 0. The zero-order valence-electron chi connectivity index (χ0n) is 11.9. The van der Waals surface area contributed by atoms with Crippen LogP contribution in [-0.4, -0.2) is 11.9 Å². The van der Waals surface area contributed by atoms with Gasteiger partial charge in [-0.1, -0.05) is 24.3 Å². The molecule has 0 bridgehead atoms. The maximum atomic E-state index is 13.6. The minimum Gasteiger partial charge on any atom is -0.423 e. The van der Waals surface area contributed by atoms with Crippen LogP contribution < -0.4 is 10.5 Å². The number of hydrogen-bond donors (Lipinski definition) is 1. The summed E-state index contributed by atoms with van der Waals surface area (Å²) in [5.41, 5.74) is 6.15. The molecule has 0 aromatic heterocycles. The highest BCUT2D eigenvalue weighted by molar-refractivity contribution is 5.94. The van der Waals surface area contributed by atoms with Gasteiger partial charge in [-0.15, -0.1) is 0 Å². The fourth-order valence-corrected chi connectivity index (χ4v) is 1.89. The topological polar surface area (TPSA) is 69.4 Å². The van der Waals surface area contributed by atoms with Crippen LogP contribution in [-0.2, 0) is 4.79 Å². The highest BCUT2D eigenvalue weighted by Crippen LogP contribution is 2.18. The minimum atomic E-state index is -0.664. The second kappa shape index (κ2) is 6.67. The van der Waals surface area contributed by atoms with Crippen LogP contribution in [0.2, 0.25) is 0 Å². The average Bonchev–Trinajstić information content (AvgIpc) is 2.47. The number of allylic oxidation sites excluding steroid dienone is 1. The predicted octanol–water partition coefficient (Wildman–Crippen LogP) is 2.93. The van der Waals surface area contributed by atoms with Crippen molar-refractivity contribution in [3.8, 4) is 5.75 Å². The molecule has 0 fully saturated rings. The predicted molar refractivity (Wildman–Crippen MR) is 80.6 cm³/mol. The summed E-state index contributed by atoms with van der Waals surface area (Å²) < 4.78 is 18.7. The van der Waals surface area contributed by atoms with Crippen molar-refractivity contribution in [1.29, 1.82) is 0 Å². The van der Waals surface area contributed by atoms with Gasteiger partial charge in [0, 0.05) is 17.2 Å². The second-order valence-corrected chi connectivity index (χ2v) is 4.62. The standard InChI is InChI=1S/C17H14FNO3/c1-11(14-7-2-3-8-15(14)18)9-16(20)22-13-6-4-5-12(10-13)17(19)21/h2-10H,1H3,(H2,19,21)/b11-9-. The molecule has 4 nitrogen and oxygen atoms in total. The van der Waals surface area contributed by atoms with E-state index in [1.54, 1.807) is 31.2 Å². The lowest BCUT2D eigenvalue weighted by Crippen LogP contribution is -2.11. The van der Waals surface area contributed by atoms with Crippen LogP contribution in [0.25, 0.3) is 5.57 Å². The zero-order valence-corrected chi connectivity index (χ0v) is 11.9. The monoisotopic (exact) mass is 299 g/mol. The van der Waals surface area contributed by atoms with Crippen molar-refractivity contribution >= 4 is 17.4 Å². The summed E-state index contributed by atoms with van der Waals surface area (Å²) in [5, 5.41) is 0. The Bertz CT molecular complexity index is 753. The largest absolute Gasteiger partial charge is 0.423 e. The molecule has 1 amide bonds. The Morgan fingerprint density at radius 2 is 1.86 bits per heavy atom. The van der Waals surface area contributed by atoms with Gasteiger partial charge in [0.15, 0.2) is 0 Å². The molecule has 2 N–H and O–H groups in total. The quantitative estimate of drug-likeness (QED) is 0.536. The fourth-order valence-electron chi connectivity index (χ4n) is 1.89. The van der Waals surface area contributed by atoms with Crippen molar-refractivity contribution in [3.05, 3.63) is 71.6 Å². The van der Waals surface area contributed by atoms with Crippen molar-refractivity contribution in [2.24, 2.45) is 5.73 Å². The summed E-state index contributed by atoms with van der Waals surface area (Å²) in [5.74, 6) is -1.50. The fraction of sp³-hybridized carbons (Fsp3) is 0.0588. The van der Waals surface area contributed by atoms with E-state index in [0.29, 0.717) is 11.1 Å². The molecule has 0 radical (unpaired) electrons. The lowest BCUT2D eigenvalue weighted by atomic mass is 10.1. The number of esters is 1. The van der Waals surface area contributed by atoms with Gasteiger partial charge in [-0.3, -0.25) is 4.79 Å². The van der Waals surface area contributed by atoms with Gasteiger partial charge >= 0.3 is 5.97 Å². The number of carbonyl (C=O) groups excluding carboxylic acids is 2. The number of ether oxygens (including phenoxy) is 1. The van der Waals surface area contributed by atoms with Crippen LogP contribution >= 0.6 is 0 Å². The first kappa shape index (κ1) is 15.4. The maximum absolute atomic E-state index is 13.6. The van der Waals surface area contributed by atoms with Crippen LogP contribution in [0, 0.1) is 5.82 Å². The molecule has 22 heavy (non-hydrogen) atoms. The van der Waals surface area contributed by atoms with Gasteiger partial charge in [-0.2, -0.15) is 0 Å². The average molecular weight is 299 g/mol. The molecule has 2 aromatic rings. The molecule has 0 unspecified atom stereocenters. The third-order valence-electron chi connectivity index (χ3n) is 2.97.